The highest BCUT2D eigenvalue weighted by molar-refractivity contribution is 5.96. The zero-order chi connectivity index (χ0) is 12.8. The molecular weight excluding hydrogens is 222 g/mol. The summed E-state index contributed by atoms with van der Waals surface area (Å²) < 4.78 is 4.91. The van der Waals surface area contributed by atoms with Crippen LogP contribution in [0.25, 0.3) is 0 Å². The smallest absolute Gasteiger partial charge is 0.255 e. The summed E-state index contributed by atoms with van der Waals surface area (Å²) in [5.74, 6) is -0.219. The number of aromatic amines is 1. The summed E-state index contributed by atoms with van der Waals surface area (Å²) in [6.07, 6.45) is 0.578. The minimum atomic E-state index is -0.295. The van der Waals surface area contributed by atoms with Gasteiger partial charge in [-0.1, -0.05) is 0 Å². The maximum absolute atomic E-state index is 12.0. The van der Waals surface area contributed by atoms with E-state index in [4.69, 9.17) is 9.84 Å². The number of methoxy groups -OCH3 is 1. The van der Waals surface area contributed by atoms with Crippen LogP contribution in [-0.2, 0) is 4.74 Å². The molecule has 0 spiro atoms. The number of nitrogens with zero attached hydrogens (tertiary/aromatic N) is 1. The molecule has 1 aromatic rings. The van der Waals surface area contributed by atoms with E-state index in [0.717, 1.165) is 5.69 Å². The summed E-state index contributed by atoms with van der Waals surface area (Å²) in [5.41, 5.74) is 1.92. The Balaban J connectivity index is 2.64. The fourth-order valence-corrected chi connectivity index (χ4v) is 1.61. The Kier molecular flexibility index (Phi) is 5.11. The third kappa shape index (κ3) is 3.54. The molecule has 0 saturated carbocycles. The molecule has 96 valence electrons. The Morgan fingerprint density at radius 1 is 1.59 bits per heavy atom. The maximum Gasteiger partial charge on any atom is 0.255 e. The fraction of sp³-hybridized carbons (Fsp3) is 0.636. The van der Waals surface area contributed by atoms with Crippen LogP contribution in [0.4, 0.5) is 0 Å². The Hall–Kier alpha value is -1.40. The maximum atomic E-state index is 12.0. The van der Waals surface area contributed by atoms with Crippen LogP contribution in [-0.4, -0.2) is 47.6 Å². The van der Waals surface area contributed by atoms with E-state index in [9.17, 15) is 4.79 Å². The van der Waals surface area contributed by atoms with Crippen molar-refractivity contribution in [3.63, 3.8) is 0 Å². The van der Waals surface area contributed by atoms with Crippen molar-refractivity contribution >= 4 is 5.91 Å². The highest BCUT2D eigenvalue weighted by atomic mass is 16.5. The quantitative estimate of drug-likeness (QED) is 0.661. The van der Waals surface area contributed by atoms with E-state index in [1.807, 2.05) is 0 Å². The third-order valence-electron chi connectivity index (χ3n) is 2.58. The Morgan fingerprint density at radius 2 is 2.29 bits per heavy atom. The first-order valence-corrected chi connectivity index (χ1v) is 5.52. The number of amides is 1. The van der Waals surface area contributed by atoms with Gasteiger partial charge in [0.1, 0.15) is 0 Å². The van der Waals surface area contributed by atoms with E-state index in [-0.39, 0.29) is 18.6 Å². The van der Waals surface area contributed by atoms with E-state index in [1.54, 1.807) is 21.0 Å². The van der Waals surface area contributed by atoms with E-state index < -0.39 is 0 Å². The van der Waals surface area contributed by atoms with Gasteiger partial charge in [-0.25, -0.2) is 0 Å². The molecule has 1 atom stereocenters. The second-order valence-electron chi connectivity index (χ2n) is 3.94. The van der Waals surface area contributed by atoms with Crippen molar-refractivity contribution in [1.29, 1.82) is 0 Å². The first-order chi connectivity index (χ1) is 8.10. The highest BCUT2D eigenvalue weighted by Gasteiger charge is 2.18. The number of aliphatic hydroxyl groups is 1. The zero-order valence-electron chi connectivity index (χ0n) is 10.4. The van der Waals surface area contributed by atoms with Crippen LogP contribution in [0.1, 0.15) is 28.2 Å². The molecule has 0 saturated heterocycles. The van der Waals surface area contributed by atoms with Gasteiger partial charge in [-0.15, -0.1) is 0 Å². The van der Waals surface area contributed by atoms with Crippen LogP contribution in [0.3, 0.4) is 0 Å². The standard InChI is InChI=1S/C11H19N3O3/c1-7-10(8(2)14-13-7)11(16)12-9(6-15)4-5-17-3/h9,15H,4-6H2,1-3H3,(H,12,16)(H,13,14). The summed E-state index contributed by atoms with van der Waals surface area (Å²) in [4.78, 5) is 12.0. The summed E-state index contributed by atoms with van der Waals surface area (Å²) in [6.45, 7) is 3.94. The summed E-state index contributed by atoms with van der Waals surface area (Å²) in [6, 6.07) is -0.295. The SMILES string of the molecule is COCCC(CO)NC(=O)c1c(C)n[nH]c1C. The molecule has 0 fully saturated rings. The highest BCUT2D eigenvalue weighted by Crippen LogP contribution is 2.09. The molecule has 0 aliphatic carbocycles. The normalized spacial score (nSPS) is 12.5. The van der Waals surface area contributed by atoms with Gasteiger partial charge in [0, 0.05) is 19.4 Å². The molecule has 1 unspecified atom stereocenters. The predicted molar refractivity (Wildman–Crippen MR) is 62.9 cm³/mol. The first-order valence-electron chi connectivity index (χ1n) is 5.52. The molecule has 0 bridgehead atoms. The van der Waals surface area contributed by atoms with Gasteiger partial charge in [-0.05, 0) is 20.3 Å². The number of nitrogens with one attached hydrogen (secondary N) is 2. The van der Waals surface area contributed by atoms with Gasteiger partial charge in [0.2, 0.25) is 0 Å². The molecule has 0 radical (unpaired) electrons. The van der Waals surface area contributed by atoms with Crippen LogP contribution in [0.2, 0.25) is 0 Å². The summed E-state index contributed by atoms with van der Waals surface area (Å²) >= 11 is 0. The van der Waals surface area contributed by atoms with Crippen molar-refractivity contribution in [2.75, 3.05) is 20.3 Å². The number of ether oxygens (including phenoxy) is 1. The molecule has 6 nitrogen and oxygen atoms in total. The summed E-state index contributed by atoms with van der Waals surface area (Å²) in [5, 5.41) is 18.6. The van der Waals surface area contributed by atoms with E-state index in [2.05, 4.69) is 15.5 Å². The predicted octanol–water partition coefficient (Wildman–Crippen LogP) is 0.154. The van der Waals surface area contributed by atoms with Gasteiger partial charge in [0.05, 0.1) is 23.9 Å². The monoisotopic (exact) mass is 241 g/mol. The number of hydrogen-bond donors (Lipinski definition) is 3. The lowest BCUT2D eigenvalue weighted by atomic mass is 10.1. The Morgan fingerprint density at radius 3 is 2.76 bits per heavy atom. The molecule has 1 heterocycles. The van der Waals surface area contributed by atoms with Gasteiger partial charge in [0.25, 0.3) is 5.91 Å². The number of carbonyl (C=O) groups excluding carboxylic acids is 1. The minimum absolute atomic E-state index is 0.106. The first kappa shape index (κ1) is 13.7. The molecule has 0 aliphatic rings. The minimum Gasteiger partial charge on any atom is -0.394 e. The number of aliphatic hydroxyl groups excluding tert-OH is 1. The molecule has 0 aliphatic heterocycles. The Labute approximate surface area is 100 Å². The van der Waals surface area contributed by atoms with Crippen LogP contribution >= 0.6 is 0 Å². The fourth-order valence-electron chi connectivity index (χ4n) is 1.61. The van der Waals surface area contributed by atoms with Crippen molar-refractivity contribution in [3.05, 3.63) is 17.0 Å². The number of hydrogen-bond acceptors (Lipinski definition) is 4. The molecule has 1 aromatic heterocycles. The number of aryl methyl sites for hydroxylation is 2. The van der Waals surface area contributed by atoms with E-state index in [1.165, 1.54) is 0 Å². The van der Waals surface area contributed by atoms with Gasteiger partial charge in [0.15, 0.2) is 0 Å². The molecule has 1 amide bonds. The topological polar surface area (TPSA) is 87.2 Å². The molecule has 1 rings (SSSR count). The van der Waals surface area contributed by atoms with Crippen LogP contribution in [0, 0.1) is 13.8 Å². The van der Waals surface area contributed by atoms with Gasteiger partial charge in [-0.2, -0.15) is 5.10 Å². The van der Waals surface area contributed by atoms with Crippen molar-refractivity contribution in [3.8, 4) is 0 Å². The Bertz CT molecular complexity index is 357. The molecular formula is C11H19N3O3. The van der Waals surface area contributed by atoms with Crippen LogP contribution in [0.15, 0.2) is 0 Å². The third-order valence-corrected chi connectivity index (χ3v) is 2.58. The van der Waals surface area contributed by atoms with E-state index in [0.29, 0.717) is 24.3 Å². The van der Waals surface area contributed by atoms with Crippen LogP contribution in [0.5, 0.6) is 0 Å². The van der Waals surface area contributed by atoms with Crippen molar-refractivity contribution < 1.29 is 14.6 Å². The van der Waals surface area contributed by atoms with Crippen molar-refractivity contribution in [2.24, 2.45) is 0 Å². The van der Waals surface area contributed by atoms with Crippen LogP contribution < -0.4 is 5.32 Å². The van der Waals surface area contributed by atoms with Crippen molar-refractivity contribution in [1.82, 2.24) is 15.5 Å². The lowest BCUT2D eigenvalue weighted by Gasteiger charge is -2.15. The van der Waals surface area contributed by atoms with Gasteiger partial charge >= 0.3 is 0 Å². The molecule has 0 aromatic carbocycles. The number of rotatable bonds is 6. The number of H-pyrrole nitrogens is 1. The average Bonchev–Trinajstić information content (AvgIpc) is 2.64. The van der Waals surface area contributed by atoms with E-state index >= 15 is 0 Å². The number of carbonyl (C=O) groups is 1. The van der Waals surface area contributed by atoms with Gasteiger partial charge < -0.3 is 15.2 Å². The summed E-state index contributed by atoms with van der Waals surface area (Å²) in [7, 11) is 1.58. The second-order valence-corrected chi connectivity index (χ2v) is 3.94. The average molecular weight is 241 g/mol. The lowest BCUT2D eigenvalue weighted by Crippen LogP contribution is -2.38. The zero-order valence-corrected chi connectivity index (χ0v) is 10.4. The molecule has 17 heavy (non-hydrogen) atoms. The number of aromatic nitrogens is 2. The molecule has 3 N–H and O–H groups in total. The van der Waals surface area contributed by atoms with Crippen molar-refractivity contribution in [2.45, 2.75) is 26.3 Å². The second kappa shape index (κ2) is 6.36. The molecule has 6 heteroatoms. The lowest BCUT2D eigenvalue weighted by molar-refractivity contribution is 0.0893. The largest absolute Gasteiger partial charge is 0.394 e. The van der Waals surface area contributed by atoms with Gasteiger partial charge in [-0.3, -0.25) is 9.89 Å².